The van der Waals surface area contributed by atoms with Crippen molar-refractivity contribution in [2.45, 2.75) is 25.8 Å². The van der Waals surface area contributed by atoms with Crippen LogP contribution in [-0.2, 0) is 16.0 Å². The number of nitrogens with one attached hydrogen (secondary N) is 2. The van der Waals surface area contributed by atoms with Crippen molar-refractivity contribution in [1.29, 1.82) is 0 Å². The Morgan fingerprint density at radius 3 is 2.23 bits per heavy atom. The van der Waals surface area contributed by atoms with Gasteiger partial charge in [-0.2, -0.15) is 0 Å². The molecule has 1 aliphatic heterocycles. The molecule has 3 rings (SSSR count). The molecule has 1 heterocycles. The van der Waals surface area contributed by atoms with Gasteiger partial charge in [-0.05, 0) is 37.9 Å². The number of carbonyl (C=O) groups excluding carboxylic acids is 2. The number of carbonyl (C=O) groups is 2. The second kappa shape index (κ2) is 11.6. The molecule has 2 aromatic rings. The highest BCUT2D eigenvalue weighted by atomic mass is 16.2. The van der Waals surface area contributed by atoms with Gasteiger partial charge in [0, 0.05) is 39.3 Å². The van der Waals surface area contributed by atoms with Gasteiger partial charge in [0.1, 0.15) is 0 Å². The van der Waals surface area contributed by atoms with Crippen molar-refractivity contribution < 1.29 is 9.59 Å². The van der Waals surface area contributed by atoms with E-state index >= 15 is 0 Å². The van der Waals surface area contributed by atoms with Crippen molar-refractivity contribution in [3.8, 4) is 0 Å². The molecule has 166 valence electrons. The second-order valence-electron chi connectivity index (χ2n) is 8.32. The SMILES string of the molecule is Cc1ccc([C@H](CNC(=O)C(=O)NCCCc2ccccc2)N2CCN(C)CC2)cc1. The highest BCUT2D eigenvalue weighted by Gasteiger charge is 2.25. The van der Waals surface area contributed by atoms with E-state index in [4.69, 9.17) is 0 Å². The van der Waals surface area contributed by atoms with Crippen LogP contribution in [0, 0.1) is 6.92 Å². The molecule has 6 heteroatoms. The van der Waals surface area contributed by atoms with Gasteiger partial charge >= 0.3 is 11.8 Å². The van der Waals surface area contributed by atoms with E-state index in [-0.39, 0.29) is 6.04 Å². The molecule has 1 fully saturated rings. The van der Waals surface area contributed by atoms with Gasteiger partial charge in [0.25, 0.3) is 0 Å². The minimum Gasteiger partial charge on any atom is -0.348 e. The van der Waals surface area contributed by atoms with Crippen molar-refractivity contribution in [3.63, 3.8) is 0 Å². The fourth-order valence-electron chi connectivity index (χ4n) is 3.87. The number of hydrogen-bond donors (Lipinski definition) is 2. The van der Waals surface area contributed by atoms with Crippen LogP contribution in [0.3, 0.4) is 0 Å². The second-order valence-corrected chi connectivity index (χ2v) is 8.32. The summed E-state index contributed by atoms with van der Waals surface area (Å²) in [4.78, 5) is 29.3. The van der Waals surface area contributed by atoms with Crippen LogP contribution >= 0.6 is 0 Å². The molecule has 2 aromatic carbocycles. The summed E-state index contributed by atoms with van der Waals surface area (Å²) in [5.74, 6) is -1.12. The van der Waals surface area contributed by atoms with Crippen LogP contribution in [0.5, 0.6) is 0 Å². The van der Waals surface area contributed by atoms with Gasteiger partial charge in [0.05, 0.1) is 6.04 Å². The van der Waals surface area contributed by atoms with E-state index in [2.05, 4.69) is 70.8 Å². The minimum absolute atomic E-state index is 0.0594. The monoisotopic (exact) mass is 422 g/mol. The van der Waals surface area contributed by atoms with Crippen molar-refractivity contribution in [1.82, 2.24) is 20.4 Å². The van der Waals surface area contributed by atoms with Gasteiger partial charge < -0.3 is 15.5 Å². The maximum Gasteiger partial charge on any atom is 0.309 e. The summed E-state index contributed by atoms with van der Waals surface area (Å²) in [5.41, 5.74) is 3.60. The molecule has 0 radical (unpaired) electrons. The van der Waals surface area contributed by atoms with Gasteiger partial charge in [-0.1, -0.05) is 60.2 Å². The zero-order valence-corrected chi connectivity index (χ0v) is 18.6. The van der Waals surface area contributed by atoms with Crippen molar-refractivity contribution in [3.05, 3.63) is 71.3 Å². The van der Waals surface area contributed by atoms with Gasteiger partial charge in [-0.15, -0.1) is 0 Å². The van der Waals surface area contributed by atoms with Gasteiger partial charge in [0.15, 0.2) is 0 Å². The predicted molar refractivity (Wildman–Crippen MR) is 124 cm³/mol. The van der Waals surface area contributed by atoms with E-state index in [0.29, 0.717) is 13.1 Å². The molecular weight excluding hydrogens is 388 g/mol. The molecule has 2 amide bonds. The van der Waals surface area contributed by atoms with Crippen LogP contribution in [0.1, 0.15) is 29.2 Å². The number of piperazine rings is 1. The molecule has 2 N–H and O–H groups in total. The van der Waals surface area contributed by atoms with Gasteiger partial charge in [-0.3, -0.25) is 14.5 Å². The third-order valence-corrected chi connectivity index (χ3v) is 5.87. The molecule has 1 atom stereocenters. The highest BCUT2D eigenvalue weighted by Crippen LogP contribution is 2.22. The Kier molecular flexibility index (Phi) is 8.62. The standard InChI is InChI=1S/C25H34N4O2/c1-20-10-12-22(13-11-20)23(29-17-15-28(2)16-18-29)19-27-25(31)24(30)26-14-6-9-21-7-4-3-5-8-21/h3-5,7-8,10-13,23H,6,9,14-19H2,1-2H3,(H,26,30)(H,27,31)/t23-/m0/s1. The fraction of sp³-hybridized carbons (Fsp3) is 0.440. The quantitative estimate of drug-likeness (QED) is 0.505. The maximum atomic E-state index is 12.4. The summed E-state index contributed by atoms with van der Waals surface area (Å²) in [6, 6.07) is 18.6. The number of aryl methyl sites for hydroxylation is 2. The number of amides is 2. The molecule has 0 bridgehead atoms. The summed E-state index contributed by atoms with van der Waals surface area (Å²) in [5, 5.41) is 5.59. The number of hydrogen-bond acceptors (Lipinski definition) is 4. The molecule has 0 aromatic heterocycles. The molecule has 0 aliphatic carbocycles. The van der Waals surface area contributed by atoms with Crippen LogP contribution in [0.4, 0.5) is 0 Å². The highest BCUT2D eigenvalue weighted by molar-refractivity contribution is 6.35. The first kappa shape index (κ1) is 23.0. The smallest absolute Gasteiger partial charge is 0.309 e. The van der Waals surface area contributed by atoms with E-state index in [1.54, 1.807) is 0 Å². The van der Waals surface area contributed by atoms with Gasteiger partial charge in [-0.25, -0.2) is 0 Å². The molecular formula is C25H34N4O2. The fourth-order valence-corrected chi connectivity index (χ4v) is 3.87. The van der Waals surface area contributed by atoms with E-state index < -0.39 is 11.8 Å². The van der Waals surface area contributed by atoms with Crippen molar-refractivity contribution in [2.75, 3.05) is 46.3 Å². The molecule has 1 saturated heterocycles. The first-order valence-electron chi connectivity index (χ1n) is 11.1. The number of likely N-dealkylation sites (N-methyl/N-ethyl adjacent to an activating group) is 1. The van der Waals surface area contributed by atoms with E-state index in [0.717, 1.165) is 39.0 Å². The number of benzene rings is 2. The van der Waals surface area contributed by atoms with Crippen LogP contribution < -0.4 is 10.6 Å². The Morgan fingerprint density at radius 1 is 0.903 bits per heavy atom. The molecule has 0 spiro atoms. The number of rotatable bonds is 8. The lowest BCUT2D eigenvalue weighted by atomic mass is 10.0. The zero-order valence-electron chi connectivity index (χ0n) is 18.6. The van der Waals surface area contributed by atoms with E-state index in [1.807, 2.05) is 18.2 Å². The lowest BCUT2D eigenvalue weighted by Crippen LogP contribution is -2.49. The third kappa shape index (κ3) is 7.19. The van der Waals surface area contributed by atoms with Crippen molar-refractivity contribution in [2.24, 2.45) is 0 Å². The summed E-state index contributed by atoms with van der Waals surface area (Å²) in [7, 11) is 2.13. The van der Waals surface area contributed by atoms with Gasteiger partial charge in [0.2, 0.25) is 0 Å². The molecule has 6 nitrogen and oxygen atoms in total. The summed E-state index contributed by atoms with van der Waals surface area (Å²) in [6.45, 7) is 6.85. The first-order chi connectivity index (χ1) is 15.0. The average molecular weight is 423 g/mol. The van der Waals surface area contributed by atoms with Crippen LogP contribution in [-0.4, -0.2) is 67.9 Å². The summed E-state index contributed by atoms with van der Waals surface area (Å²) in [6.07, 6.45) is 1.68. The van der Waals surface area contributed by atoms with E-state index in [9.17, 15) is 9.59 Å². The lowest BCUT2D eigenvalue weighted by Gasteiger charge is -2.38. The predicted octanol–water partition coefficient (Wildman–Crippen LogP) is 2.15. The molecule has 0 saturated carbocycles. The average Bonchev–Trinajstić information content (AvgIpc) is 2.79. The third-order valence-electron chi connectivity index (χ3n) is 5.87. The lowest BCUT2D eigenvalue weighted by molar-refractivity contribution is -0.139. The normalized spacial score (nSPS) is 15.9. The molecule has 31 heavy (non-hydrogen) atoms. The Bertz CT molecular complexity index is 830. The first-order valence-corrected chi connectivity index (χ1v) is 11.1. The Hall–Kier alpha value is -2.70. The van der Waals surface area contributed by atoms with Crippen LogP contribution in [0.2, 0.25) is 0 Å². The molecule has 1 aliphatic rings. The summed E-state index contributed by atoms with van der Waals surface area (Å²) < 4.78 is 0. The number of nitrogens with zero attached hydrogens (tertiary/aromatic N) is 2. The summed E-state index contributed by atoms with van der Waals surface area (Å²) >= 11 is 0. The largest absolute Gasteiger partial charge is 0.348 e. The zero-order chi connectivity index (χ0) is 22.1. The van der Waals surface area contributed by atoms with Crippen LogP contribution in [0.25, 0.3) is 0 Å². The maximum absolute atomic E-state index is 12.4. The Labute approximate surface area is 185 Å². The van der Waals surface area contributed by atoms with Crippen molar-refractivity contribution >= 4 is 11.8 Å². The minimum atomic E-state index is -0.564. The topological polar surface area (TPSA) is 64.7 Å². The van der Waals surface area contributed by atoms with E-state index in [1.165, 1.54) is 16.7 Å². The Morgan fingerprint density at radius 2 is 1.55 bits per heavy atom. The van der Waals surface area contributed by atoms with Crippen LogP contribution in [0.15, 0.2) is 54.6 Å². The Balaban J connectivity index is 1.49. The molecule has 0 unspecified atom stereocenters.